The molecule has 4 heteroatoms. The maximum absolute atomic E-state index is 4.12. The fraction of sp³-hybridized carbons (Fsp3) is 0.800. The molecule has 0 radical (unpaired) electrons. The molecular weight excluding hydrogens is 176 g/mol. The zero-order valence-corrected chi connectivity index (χ0v) is 9.12. The molecule has 1 N–H and O–H groups in total. The van der Waals surface area contributed by atoms with Crippen molar-refractivity contribution in [1.82, 2.24) is 20.1 Å². The van der Waals surface area contributed by atoms with Crippen LogP contribution < -0.4 is 5.32 Å². The van der Waals surface area contributed by atoms with Crippen molar-refractivity contribution in [2.24, 2.45) is 13.0 Å². The van der Waals surface area contributed by atoms with Crippen molar-refractivity contribution in [3.05, 3.63) is 11.6 Å². The zero-order chi connectivity index (χ0) is 10.1. The summed E-state index contributed by atoms with van der Waals surface area (Å²) in [6, 6.07) is 0.618. The van der Waals surface area contributed by atoms with Gasteiger partial charge in [-0.2, -0.15) is 0 Å². The second kappa shape index (κ2) is 3.69. The standard InChI is InChI=1S/C10H18N4/c1-7(9-4-5-9)11-6-10-13-12-8(2)14(10)3/h7,9,11H,4-6H2,1-3H3. The molecule has 1 fully saturated rings. The first-order valence-electron chi connectivity index (χ1n) is 5.26. The van der Waals surface area contributed by atoms with Gasteiger partial charge in [0.1, 0.15) is 11.6 Å². The summed E-state index contributed by atoms with van der Waals surface area (Å²) in [5.74, 6) is 2.89. The third-order valence-electron chi connectivity index (χ3n) is 3.09. The highest BCUT2D eigenvalue weighted by molar-refractivity contribution is 4.93. The number of rotatable bonds is 4. The van der Waals surface area contributed by atoms with Crippen LogP contribution in [0.4, 0.5) is 0 Å². The minimum Gasteiger partial charge on any atom is -0.317 e. The number of hydrogen-bond donors (Lipinski definition) is 1. The highest BCUT2D eigenvalue weighted by Crippen LogP contribution is 2.32. The van der Waals surface area contributed by atoms with Gasteiger partial charge < -0.3 is 9.88 Å². The monoisotopic (exact) mass is 194 g/mol. The Morgan fingerprint density at radius 3 is 2.71 bits per heavy atom. The zero-order valence-electron chi connectivity index (χ0n) is 9.12. The van der Waals surface area contributed by atoms with Crippen LogP contribution in [0, 0.1) is 12.8 Å². The summed E-state index contributed by atoms with van der Waals surface area (Å²) in [4.78, 5) is 0. The maximum atomic E-state index is 4.12. The third-order valence-corrected chi connectivity index (χ3v) is 3.09. The van der Waals surface area contributed by atoms with Gasteiger partial charge in [0, 0.05) is 13.1 Å². The topological polar surface area (TPSA) is 42.7 Å². The molecule has 78 valence electrons. The predicted molar refractivity (Wildman–Crippen MR) is 54.8 cm³/mol. The van der Waals surface area contributed by atoms with Crippen molar-refractivity contribution in [3.8, 4) is 0 Å². The summed E-state index contributed by atoms with van der Waals surface area (Å²) in [5, 5.41) is 11.6. The highest BCUT2D eigenvalue weighted by Gasteiger charge is 2.27. The molecule has 1 saturated carbocycles. The molecule has 14 heavy (non-hydrogen) atoms. The van der Waals surface area contributed by atoms with E-state index in [1.165, 1.54) is 12.8 Å². The summed E-state index contributed by atoms with van der Waals surface area (Å²) in [6.07, 6.45) is 2.76. The Morgan fingerprint density at radius 2 is 2.21 bits per heavy atom. The van der Waals surface area contributed by atoms with Gasteiger partial charge >= 0.3 is 0 Å². The molecule has 0 aromatic carbocycles. The molecule has 1 heterocycles. The van der Waals surface area contributed by atoms with Gasteiger partial charge in [0.15, 0.2) is 0 Å². The van der Waals surface area contributed by atoms with E-state index in [-0.39, 0.29) is 0 Å². The van der Waals surface area contributed by atoms with Gasteiger partial charge in [-0.15, -0.1) is 10.2 Å². The van der Waals surface area contributed by atoms with Crippen LogP contribution in [0.15, 0.2) is 0 Å². The van der Waals surface area contributed by atoms with Gasteiger partial charge in [-0.25, -0.2) is 0 Å². The van der Waals surface area contributed by atoms with E-state index in [1.54, 1.807) is 0 Å². The molecule has 4 nitrogen and oxygen atoms in total. The Kier molecular flexibility index (Phi) is 2.54. The Labute approximate surface area is 84.7 Å². The SMILES string of the molecule is Cc1nnc(CNC(C)C2CC2)n1C. The predicted octanol–water partition coefficient (Wildman–Crippen LogP) is 1.01. The summed E-state index contributed by atoms with van der Waals surface area (Å²) in [6.45, 7) is 5.05. The molecule has 0 bridgehead atoms. The van der Waals surface area contributed by atoms with E-state index in [0.717, 1.165) is 24.1 Å². The van der Waals surface area contributed by atoms with E-state index in [1.807, 2.05) is 18.5 Å². The normalized spacial score (nSPS) is 18.5. The second-order valence-electron chi connectivity index (χ2n) is 4.23. The van der Waals surface area contributed by atoms with Gasteiger partial charge in [-0.1, -0.05) is 0 Å². The largest absolute Gasteiger partial charge is 0.317 e. The van der Waals surface area contributed by atoms with E-state index in [0.29, 0.717) is 6.04 Å². The summed E-state index contributed by atoms with van der Waals surface area (Å²) >= 11 is 0. The van der Waals surface area contributed by atoms with Crippen molar-refractivity contribution < 1.29 is 0 Å². The van der Waals surface area contributed by atoms with Gasteiger partial charge in [0.2, 0.25) is 0 Å². The smallest absolute Gasteiger partial charge is 0.146 e. The molecule has 2 rings (SSSR count). The molecular formula is C10H18N4. The molecule has 1 unspecified atom stereocenters. The highest BCUT2D eigenvalue weighted by atomic mass is 15.3. The molecule has 1 aromatic rings. The summed E-state index contributed by atoms with van der Waals surface area (Å²) < 4.78 is 2.03. The quantitative estimate of drug-likeness (QED) is 0.778. The van der Waals surface area contributed by atoms with Crippen LogP contribution in [0.25, 0.3) is 0 Å². The summed E-state index contributed by atoms with van der Waals surface area (Å²) in [7, 11) is 2.01. The molecule has 0 aliphatic heterocycles. The van der Waals surface area contributed by atoms with Crippen molar-refractivity contribution in [2.75, 3.05) is 0 Å². The fourth-order valence-corrected chi connectivity index (χ4v) is 1.62. The fourth-order valence-electron chi connectivity index (χ4n) is 1.62. The van der Waals surface area contributed by atoms with Gasteiger partial charge in [0.05, 0.1) is 6.54 Å². The number of aryl methyl sites for hydroxylation is 1. The van der Waals surface area contributed by atoms with Crippen molar-refractivity contribution in [1.29, 1.82) is 0 Å². The average Bonchev–Trinajstić information content (AvgIpc) is 2.95. The van der Waals surface area contributed by atoms with E-state index in [9.17, 15) is 0 Å². The first kappa shape index (κ1) is 9.65. The van der Waals surface area contributed by atoms with Gasteiger partial charge in [0.25, 0.3) is 0 Å². The minimum absolute atomic E-state index is 0.618. The lowest BCUT2D eigenvalue weighted by atomic mass is 10.2. The first-order chi connectivity index (χ1) is 6.68. The maximum Gasteiger partial charge on any atom is 0.146 e. The van der Waals surface area contributed by atoms with E-state index in [4.69, 9.17) is 0 Å². The van der Waals surface area contributed by atoms with Gasteiger partial charge in [-0.05, 0) is 32.6 Å². The second-order valence-corrected chi connectivity index (χ2v) is 4.23. The number of hydrogen-bond acceptors (Lipinski definition) is 3. The van der Waals surface area contributed by atoms with Crippen LogP contribution in [-0.2, 0) is 13.6 Å². The number of nitrogens with one attached hydrogen (secondary N) is 1. The third kappa shape index (κ3) is 1.95. The lowest BCUT2D eigenvalue weighted by molar-refractivity contribution is 0.481. The Bertz CT molecular complexity index is 314. The Balaban J connectivity index is 1.87. The Hall–Kier alpha value is -0.900. The molecule has 0 spiro atoms. The van der Waals surface area contributed by atoms with E-state index in [2.05, 4.69) is 22.4 Å². The van der Waals surface area contributed by atoms with E-state index >= 15 is 0 Å². The van der Waals surface area contributed by atoms with Crippen molar-refractivity contribution in [3.63, 3.8) is 0 Å². The van der Waals surface area contributed by atoms with Crippen LogP contribution >= 0.6 is 0 Å². The number of nitrogens with zero attached hydrogens (tertiary/aromatic N) is 3. The Morgan fingerprint density at radius 1 is 1.50 bits per heavy atom. The van der Waals surface area contributed by atoms with Crippen LogP contribution in [0.2, 0.25) is 0 Å². The van der Waals surface area contributed by atoms with Crippen molar-refractivity contribution >= 4 is 0 Å². The summed E-state index contributed by atoms with van der Waals surface area (Å²) in [5.41, 5.74) is 0. The van der Waals surface area contributed by atoms with Crippen molar-refractivity contribution in [2.45, 2.75) is 39.3 Å². The van der Waals surface area contributed by atoms with Crippen LogP contribution in [0.5, 0.6) is 0 Å². The van der Waals surface area contributed by atoms with Gasteiger partial charge in [-0.3, -0.25) is 0 Å². The lowest BCUT2D eigenvalue weighted by Crippen LogP contribution is -2.28. The number of aromatic nitrogens is 3. The molecule has 1 aliphatic rings. The first-order valence-corrected chi connectivity index (χ1v) is 5.26. The molecule has 0 amide bonds. The molecule has 0 saturated heterocycles. The average molecular weight is 194 g/mol. The molecule has 1 aliphatic carbocycles. The van der Waals surface area contributed by atoms with Crippen LogP contribution in [0.3, 0.4) is 0 Å². The van der Waals surface area contributed by atoms with E-state index < -0.39 is 0 Å². The van der Waals surface area contributed by atoms with Crippen LogP contribution in [-0.4, -0.2) is 20.8 Å². The lowest BCUT2D eigenvalue weighted by Gasteiger charge is -2.11. The van der Waals surface area contributed by atoms with Crippen LogP contribution in [0.1, 0.15) is 31.4 Å². The molecule has 1 aromatic heterocycles. The minimum atomic E-state index is 0.618. The molecule has 1 atom stereocenters.